The van der Waals surface area contributed by atoms with Gasteiger partial charge in [0, 0.05) is 12.6 Å². The van der Waals surface area contributed by atoms with Crippen LogP contribution in [0, 0.1) is 5.92 Å². The molecule has 0 spiro atoms. The largest absolute Gasteiger partial charge is 0.328 e. The van der Waals surface area contributed by atoms with Gasteiger partial charge in [0.05, 0.1) is 23.1 Å². The van der Waals surface area contributed by atoms with Crippen molar-refractivity contribution in [3.05, 3.63) is 30.0 Å². The zero-order chi connectivity index (χ0) is 12.3. The Balaban J connectivity index is 2.29. The minimum atomic E-state index is 0.342. The topological polar surface area (TPSA) is 43.8 Å². The van der Waals surface area contributed by atoms with E-state index in [0.29, 0.717) is 18.5 Å². The van der Waals surface area contributed by atoms with Crippen molar-refractivity contribution in [3.8, 4) is 10.6 Å². The van der Waals surface area contributed by atoms with Crippen LogP contribution in [0.2, 0.25) is 0 Å². The fourth-order valence-electron chi connectivity index (χ4n) is 2.08. The molecule has 0 aliphatic rings. The maximum absolute atomic E-state index is 5.89. The molecule has 2 heterocycles. The standard InChI is InChI=1S/C13H19N3S/c1-10(2)6-11(7-14)16-9-15-8-12(16)13-4-3-5-17-13/h3-5,8-11H,6-7,14H2,1-2H3. The predicted octanol–water partition coefficient (Wildman–Crippen LogP) is 3.16. The van der Waals surface area contributed by atoms with Gasteiger partial charge in [0.25, 0.3) is 0 Å². The van der Waals surface area contributed by atoms with E-state index in [1.54, 1.807) is 11.3 Å². The smallest absolute Gasteiger partial charge is 0.0954 e. The van der Waals surface area contributed by atoms with Gasteiger partial charge in [0.15, 0.2) is 0 Å². The molecule has 0 amide bonds. The molecular weight excluding hydrogens is 230 g/mol. The number of nitrogens with zero attached hydrogens (tertiary/aromatic N) is 2. The molecule has 2 N–H and O–H groups in total. The van der Waals surface area contributed by atoms with Gasteiger partial charge < -0.3 is 10.3 Å². The average molecular weight is 249 g/mol. The molecule has 0 radical (unpaired) electrons. The molecule has 2 aromatic heterocycles. The van der Waals surface area contributed by atoms with Gasteiger partial charge >= 0.3 is 0 Å². The highest BCUT2D eigenvalue weighted by Crippen LogP contribution is 2.28. The monoisotopic (exact) mass is 249 g/mol. The summed E-state index contributed by atoms with van der Waals surface area (Å²) in [6.07, 6.45) is 4.91. The molecule has 2 aromatic rings. The summed E-state index contributed by atoms with van der Waals surface area (Å²) >= 11 is 1.74. The Morgan fingerprint density at radius 2 is 2.29 bits per heavy atom. The van der Waals surface area contributed by atoms with Crippen molar-refractivity contribution in [2.24, 2.45) is 11.7 Å². The van der Waals surface area contributed by atoms with Crippen LogP contribution in [0.15, 0.2) is 30.0 Å². The lowest BCUT2D eigenvalue weighted by Gasteiger charge is -2.20. The van der Waals surface area contributed by atoms with Gasteiger partial charge in [-0.05, 0) is 23.8 Å². The summed E-state index contributed by atoms with van der Waals surface area (Å²) in [6, 6.07) is 4.54. The SMILES string of the molecule is CC(C)CC(CN)n1cncc1-c1cccs1. The van der Waals surface area contributed by atoms with Gasteiger partial charge in [0.2, 0.25) is 0 Å². The van der Waals surface area contributed by atoms with Crippen LogP contribution in [0.25, 0.3) is 10.6 Å². The van der Waals surface area contributed by atoms with E-state index in [-0.39, 0.29) is 0 Å². The van der Waals surface area contributed by atoms with E-state index in [9.17, 15) is 0 Å². The van der Waals surface area contributed by atoms with Crippen molar-refractivity contribution in [2.75, 3.05) is 6.54 Å². The van der Waals surface area contributed by atoms with Gasteiger partial charge in [-0.15, -0.1) is 11.3 Å². The lowest BCUT2D eigenvalue weighted by atomic mass is 10.0. The first-order chi connectivity index (χ1) is 8.22. The minimum Gasteiger partial charge on any atom is -0.328 e. The molecule has 4 heteroatoms. The fourth-order valence-corrected chi connectivity index (χ4v) is 2.82. The lowest BCUT2D eigenvalue weighted by molar-refractivity contribution is 0.410. The molecule has 0 aliphatic heterocycles. The van der Waals surface area contributed by atoms with E-state index in [2.05, 4.69) is 40.9 Å². The molecule has 0 aromatic carbocycles. The molecule has 0 bridgehead atoms. The first-order valence-electron chi connectivity index (χ1n) is 5.98. The normalized spacial score (nSPS) is 13.2. The molecule has 0 fully saturated rings. The van der Waals surface area contributed by atoms with Crippen molar-refractivity contribution < 1.29 is 0 Å². The fraction of sp³-hybridized carbons (Fsp3) is 0.462. The van der Waals surface area contributed by atoms with Crippen LogP contribution < -0.4 is 5.73 Å². The second kappa shape index (κ2) is 5.47. The first-order valence-corrected chi connectivity index (χ1v) is 6.86. The van der Waals surface area contributed by atoms with Gasteiger partial charge in [0.1, 0.15) is 0 Å². The third-order valence-electron chi connectivity index (χ3n) is 2.85. The molecule has 17 heavy (non-hydrogen) atoms. The van der Waals surface area contributed by atoms with Gasteiger partial charge in [-0.1, -0.05) is 19.9 Å². The van der Waals surface area contributed by atoms with Crippen LogP contribution in [0.5, 0.6) is 0 Å². The minimum absolute atomic E-state index is 0.342. The van der Waals surface area contributed by atoms with Crippen LogP contribution in [0.3, 0.4) is 0 Å². The molecular formula is C13H19N3S. The Kier molecular flexibility index (Phi) is 3.97. The zero-order valence-electron chi connectivity index (χ0n) is 10.3. The van der Waals surface area contributed by atoms with Crippen LogP contribution in [-0.2, 0) is 0 Å². The summed E-state index contributed by atoms with van der Waals surface area (Å²) in [6.45, 7) is 5.11. The molecule has 2 rings (SSSR count). The van der Waals surface area contributed by atoms with Crippen LogP contribution in [0.4, 0.5) is 0 Å². The summed E-state index contributed by atoms with van der Waals surface area (Å²) in [5.74, 6) is 0.641. The highest BCUT2D eigenvalue weighted by atomic mass is 32.1. The molecule has 0 saturated carbocycles. The van der Waals surface area contributed by atoms with Gasteiger partial charge in [-0.2, -0.15) is 0 Å². The van der Waals surface area contributed by atoms with Gasteiger partial charge in [-0.25, -0.2) is 4.98 Å². The Bertz CT molecular complexity index is 445. The molecule has 1 atom stereocenters. The van der Waals surface area contributed by atoms with Crippen molar-refractivity contribution in [2.45, 2.75) is 26.3 Å². The second-order valence-electron chi connectivity index (χ2n) is 4.68. The number of hydrogen-bond donors (Lipinski definition) is 1. The third kappa shape index (κ3) is 2.76. The summed E-state index contributed by atoms with van der Waals surface area (Å²) in [5, 5.41) is 2.09. The highest BCUT2D eigenvalue weighted by Gasteiger charge is 2.15. The number of aromatic nitrogens is 2. The molecule has 0 aliphatic carbocycles. The maximum Gasteiger partial charge on any atom is 0.0954 e. The second-order valence-corrected chi connectivity index (χ2v) is 5.63. The Labute approximate surface area is 106 Å². The third-order valence-corrected chi connectivity index (χ3v) is 3.74. The van der Waals surface area contributed by atoms with E-state index in [1.807, 2.05) is 12.5 Å². The Morgan fingerprint density at radius 1 is 1.47 bits per heavy atom. The number of imidazole rings is 1. The molecule has 1 unspecified atom stereocenters. The van der Waals surface area contributed by atoms with E-state index < -0.39 is 0 Å². The van der Waals surface area contributed by atoms with E-state index in [1.165, 1.54) is 10.6 Å². The van der Waals surface area contributed by atoms with E-state index in [0.717, 1.165) is 6.42 Å². The average Bonchev–Trinajstić information content (AvgIpc) is 2.94. The van der Waals surface area contributed by atoms with E-state index >= 15 is 0 Å². The van der Waals surface area contributed by atoms with Crippen LogP contribution in [0.1, 0.15) is 26.3 Å². The van der Waals surface area contributed by atoms with Crippen molar-refractivity contribution >= 4 is 11.3 Å². The molecule has 0 saturated heterocycles. The zero-order valence-corrected chi connectivity index (χ0v) is 11.2. The Hall–Kier alpha value is -1.13. The van der Waals surface area contributed by atoms with E-state index in [4.69, 9.17) is 5.73 Å². The van der Waals surface area contributed by atoms with Gasteiger partial charge in [-0.3, -0.25) is 0 Å². The number of nitrogens with two attached hydrogens (primary N) is 1. The quantitative estimate of drug-likeness (QED) is 0.884. The van der Waals surface area contributed by atoms with Crippen molar-refractivity contribution in [1.82, 2.24) is 9.55 Å². The number of rotatable bonds is 5. The summed E-state index contributed by atoms with van der Waals surface area (Å²) in [7, 11) is 0. The molecule has 3 nitrogen and oxygen atoms in total. The maximum atomic E-state index is 5.89. The van der Waals surface area contributed by atoms with Crippen molar-refractivity contribution in [3.63, 3.8) is 0 Å². The molecule has 92 valence electrons. The van der Waals surface area contributed by atoms with Crippen LogP contribution in [-0.4, -0.2) is 16.1 Å². The summed E-state index contributed by atoms with van der Waals surface area (Å²) in [5.41, 5.74) is 7.07. The first kappa shape index (κ1) is 12.3. The van der Waals surface area contributed by atoms with Crippen LogP contribution >= 0.6 is 11.3 Å². The number of thiophene rings is 1. The van der Waals surface area contributed by atoms with Crippen molar-refractivity contribution in [1.29, 1.82) is 0 Å². The summed E-state index contributed by atoms with van der Waals surface area (Å²) in [4.78, 5) is 5.52. The number of hydrogen-bond acceptors (Lipinski definition) is 3. The Morgan fingerprint density at radius 3 is 2.88 bits per heavy atom. The highest BCUT2D eigenvalue weighted by molar-refractivity contribution is 7.13. The lowest BCUT2D eigenvalue weighted by Crippen LogP contribution is -2.21. The predicted molar refractivity (Wildman–Crippen MR) is 73.1 cm³/mol. The summed E-state index contributed by atoms with van der Waals surface area (Å²) < 4.78 is 2.21.